The van der Waals surface area contributed by atoms with Crippen LogP contribution < -0.4 is 0 Å². The fourth-order valence-corrected chi connectivity index (χ4v) is 1.96. The van der Waals surface area contributed by atoms with Gasteiger partial charge < -0.3 is 10.0 Å². The highest BCUT2D eigenvalue weighted by atomic mass is 32.1. The lowest BCUT2D eigenvalue weighted by atomic mass is 10.0. The van der Waals surface area contributed by atoms with Gasteiger partial charge in [0.2, 0.25) is 0 Å². The number of aryl methyl sites for hydroxylation is 1. The maximum atomic E-state index is 12.0. The lowest BCUT2D eigenvalue weighted by Crippen LogP contribution is -2.50. The van der Waals surface area contributed by atoms with Gasteiger partial charge in [0.1, 0.15) is 5.54 Å². The zero-order valence-corrected chi connectivity index (χ0v) is 10.6. The van der Waals surface area contributed by atoms with Gasteiger partial charge in [-0.3, -0.25) is 4.79 Å². The normalized spacial score (nSPS) is 11.2. The first-order chi connectivity index (χ1) is 7.26. The van der Waals surface area contributed by atoms with Crippen molar-refractivity contribution in [2.45, 2.75) is 26.3 Å². The van der Waals surface area contributed by atoms with Crippen LogP contribution in [0, 0.1) is 6.92 Å². The second kappa shape index (κ2) is 4.25. The number of amides is 1. The number of likely N-dealkylation sites (N-methyl/N-ethyl adjacent to an activating group) is 1. The zero-order valence-electron chi connectivity index (χ0n) is 9.77. The molecule has 1 amide bonds. The minimum absolute atomic E-state index is 0.259. The van der Waals surface area contributed by atoms with Crippen molar-refractivity contribution in [3.63, 3.8) is 0 Å². The molecule has 5 heteroatoms. The highest BCUT2D eigenvalue weighted by Gasteiger charge is 2.35. The maximum absolute atomic E-state index is 12.0. The van der Waals surface area contributed by atoms with E-state index in [0.29, 0.717) is 4.88 Å². The van der Waals surface area contributed by atoms with E-state index in [-0.39, 0.29) is 5.91 Å². The zero-order chi connectivity index (χ0) is 12.5. The second-order valence-electron chi connectivity index (χ2n) is 4.14. The molecule has 0 unspecified atom stereocenters. The summed E-state index contributed by atoms with van der Waals surface area (Å²) < 4.78 is 0. The SMILES string of the molecule is Cc1ccc(C(=O)N(C)C(C)(C)C(=O)O)s1. The van der Waals surface area contributed by atoms with Crippen LogP contribution in [0.1, 0.15) is 28.4 Å². The van der Waals surface area contributed by atoms with E-state index < -0.39 is 11.5 Å². The van der Waals surface area contributed by atoms with E-state index in [4.69, 9.17) is 5.11 Å². The van der Waals surface area contributed by atoms with Crippen LogP contribution in [0.4, 0.5) is 0 Å². The van der Waals surface area contributed by atoms with Crippen LogP contribution in [0.15, 0.2) is 12.1 Å². The molecule has 0 fully saturated rings. The largest absolute Gasteiger partial charge is 0.480 e. The van der Waals surface area contributed by atoms with Gasteiger partial charge >= 0.3 is 5.97 Å². The van der Waals surface area contributed by atoms with Crippen LogP contribution in [0.5, 0.6) is 0 Å². The van der Waals surface area contributed by atoms with Crippen LogP contribution in [0.25, 0.3) is 0 Å². The molecular weight excluding hydrogens is 226 g/mol. The summed E-state index contributed by atoms with van der Waals surface area (Å²) in [7, 11) is 1.51. The summed E-state index contributed by atoms with van der Waals surface area (Å²) in [5, 5.41) is 9.02. The first-order valence-electron chi connectivity index (χ1n) is 4.85. The van der Waals surface area contributed by atoms with E-state index in [1.807, 2.05) is 13.0 Å². The quantitative estimate of drug-likeness (QED) is 0.880. The summed E-state index contributed by atoms with van der Waals surface area (Å²) in [6.45, 7) is 4.92. The molecular formula is C11H15NO3S. The van der Waals surface area contributed by atoms with Crippen LogP contribution in [0.3, 0.4) is 0 Å². The number of carboxylic acid groups (broad SMARTS) is 1. The fraction of sp³-hybridized carbons (Fsp3) is 0.455. The molecule has 0 bridgehead atoms. The van der Waals surface area contributed by atoms with Crippen molar-refractivity contribution in [1.82, 2.24) is 4.90 Å². The lowest BCUT2D eigenvalue weighted by Gasteiger charge is -2.31. The Labute approximate surface area is 98.5 Å². The predicted octanol–water partition coefficient (Wildman–Crippen LogP) is 1.99. The Hall–Kier alpha value is -1.36. The van der Waals surface area contributed by atoms with Crippen molar-refractivity contribution in [2.75, 3.05) is 7.05 Å². The smallest absolute Gasteiger partial charge is 0.329 e. The number of thiophene rings is 1. The molecule has 1 heterocycles. The van der Waals surface area contributed by atoms with E-state index in [1.54, 1.807) is 6.07 Å². The molecule has 1 aromatic rings. The average molecular weight is 241 g/mol. The fourth-order valence-electron chi connectivity index (χ4n) is 1.11. The molecule has 0 atom stereocenters. The molecule has 0 aliphatic heterocycles. The highest BCUT2D eigenvalue weighted by Crippen LogP contribution is 2.21. The highest BCUT2D eigenvalue weighted by molar-refractivity contribution is 7.13. The summed E-state index contributed by atoms with van der Waals surface area (Å²) in [6, 6.07) is 3.57. The summed E-state index contributed by atoms with van der Waals surface area (Å²) in [5.74, 6) is -1.28. The van der Waals surface area contributed by atoms with Gasteiger partial charge in [0.15, 0.2) is 0 Å². The molecule has 1 rings (SSSR count). The summed E-state index contributed by atoms with van der Waals surface area (Å²) >= 11 is 1.37. The Balaban J connectivity index is 2.95. The van der Waals surface area contributed by atoms with E-state index in [1.165, 1.54) is 37.1 Å². The van der Waals surface area contributed by atoms with Crippen molar-refractivity contribution in [3.05, 3.63) is 21.9 Å². The number of hydrogen-bond donors (Lipinski definition) is 1. The number of nitrogens with zero attached hydrogens (tertiary/aromatic N) is 1. The molecule has 0 aromatic carbocycles. The Kier molecular flexibility index (Phi) is 3.38. The summed E-state index contributed by atoms with van der Waals surface area (Å²) in [5.41, 5.74) is -1.20. The van der Waals surface area contributed by atoms with Crippen LogP contribution in [0.2, 0.25) is 0 Å². The van der Waals surface area contributed by atoms with E-state index in [2.05, 4.69) is 0 Å². The molecule has 0 aliphatic rings. The van der Waals surface area contributed by atoms with Gasteiger partial charge in [-0.05, 0) is 32.9 Å². The molecule has 1 aromatic heterocycles. The van der Waals surface area contributed by atoms with Gasteiger partial charge in [0.25, 0.3) is 5.91 Å². The molecule has 16 heavy (non-hydrogen) atoms. The van der Waals surface area contributed by atoms with Crippen molar-refractivity contribution in [2.24, 2.45) is 0 Å². The predicted molar refractivity (Wildman–Crippen MR) is 62.9 cm³/mol. The van der Waals surface area contributed by atoms with Crippen LogP contribution >= 0.6 is 11.3 Å². The molecule has 1 N–H and O–H groups in total. The summed E-state index contributed by atoms with van der Waals surface area (Å²) in [6.07, 6.45) is 0. The van der Waals surface area contributed by atoms with Crippen molar-refractivity contribution in [1.29, 1.82) is 0 Å². The Bertz CT molecular complexity index is 423. The number of rotatable bonds is 3. The van der Waals surface area contributed by atoms with E-state index in [9.17, 15) is 9.59 Å². The minimum Gasteiger partial charge on any atom is -0.480 e. The first-order valence-corrected chi connectivity index (χ1v) is 5.66. The van der Waals surface area contributed by atoms with Crippen molar-refractivity contribution < 1.29 is 14.7 Å². The third-order valence-electron chi connectivity index (χ3n) is 2.62. The molecule has 0 radical (unpaired) electrons. The van der Waals surface area contributed by atoms with Gasteiger partial charge in [-0.1, -0.05) is 0 Å². The molecule has 0 saturated carbocycles. The monoisotopic (exact) mass is 241 g/mol. The standard InChI is InChI=1S/C11H15NO3S/c1-7-5-6-8(16-7)9(13)12(4)11(2,3)10(14)15/h5-6H,1-4H3,(H,14,15). The second-order valence-corrected chi connectivity index (χ2v) is 5.43. The minimum atomic E-state index is -1.20. The molecule has 0 saturated heterocycles. The van der Waals surface area contributed by atoms with Crippen molar-refractivity contribution >= 4 is 23.2 Å². The topological polar surface area (TPSA) is 57.6 Å². The Morgan fingerprint density at radius 3 is 2.31 bits per heavy atom. The summed E-state index contributed by atoms with van der Waals surface area (Å²) in [4.78, 5) is 25.8. The lowest BCUT2D eigenvalue weighted by molar-refractivity contribution is -0.147. The van der Waals surface area contributed by atoms with Crippen LogP contribution in [-0.2, 0) is 4.79 Å². The van der Waals surface area contributed by atoms with Gasteiger partial charge in [0.05, 0.1) is 4.88 Å². The Morgan fingerprint density at radius 2 is 1.94 bits per heavy atom. The number of carbonyl (C=O) groups is 2. The van der Waals surface area contributed by atoms with Crippen molar-refractivity contribution in [3.8, 4) is 0 Å². The molecule has 0 spiro atoms. The van der Waals surface area contributed by atoms with Gasteiger partial charge in [-0.25, -0.2) is 4.79 Å². The van der Waals surface area contributed by atoms with Gasteiger partial charge in [0, 0.05) is 11.9 Å². The number of carbonyl (C=O) groups excluding carboxylic acids is 1. The van der Waals surface area contributed by atoms with Gasteiger partial charge in [-0.15, -0.1) is 11.3 Å². The first kappa shape index (κ1) is 12.7. The van der Waals surface area contributed by atoms with E-state index >= 15 is 0 Å². The molecule has 4 nitrogen and oxygen atoms in total. The Morgan fingerprint density at radius 1 is 1.38 bits per heavy atom. The molecule has 0 aliphatic carbocycles. The number of aliphatic carboxylic acids is 1. The van der Waals surface area contributed by atoms with Crippen LogP contribution in [-0.4, -0.2) is 34.5 Å². The van der Waals surface area contributed by atoms with Gasteiger partial charge in [-0.2, -0.15) is 0 Å². The third-order valence-corrected chi connectivity index (χ3v) is 3.61. The third kappa shape index (κ3) is 2.24. The molecule has 88 valence electrons. The van der Waals surface area contributed by atoms with E-state index in [0.717, 1.165) is 4.88 Å². The maximum Gasteiger partial charge on any atom is 0.329 e. The number of carboxylic acids is 1. The average Bonchev–Trinajstić information content (AvgIpc) is 2.62. The number of hydrogen-bond acceptors (Lipinski definition) is 3.